The molecule has 0 saturated carbocycles. The number of hydrogen-bond acceptors (Lipinski definition) is 4. The van der Waals surface area contributed by atoms with Crippen LogP contribution in [0.15, 0.2) is 36.4 Å². The van der Waals surface area contributed by atoms with Gasteiger partial charge in [0.1, 0.15) is 11.6 Å². The molecule has 2 heterocycles. The normalized spacial score (nSPS) is 11.0. The van der Waals surface area contributed by atoms with Gasteiger partial charge in [0.2, 0.25) is 0 Å². The number of benzene rings is 1. The van der Waals surface area contributed by atoms with Crippen LogP contribution in [0.2, 0.25) is 0 Å². The largest absolute Gasteiger partial charge is 0.370 e. The van der Waals surface area contributed by atoms with Gasteiger partial charge in [-0.2, -0.15) is 0 Å². The van der Waals surface area contributed by atoms with E-state index in [1.54, 1.807) is 0 Å². The van der Waals surface area contributed by atoms with Gasteiger partial charge in [-0.3, -0.25) is 0 Å². The minimum atomic E-state index is 0.913. The Morgan fingerprint density at radius 2 is 1.09 bits per heavy atom. The maximum Gasteiger partial charge on any atom is 0.126 e. The van der Waals surface area contributed by atoms with Gasteiger partial charge in [-0.25, -0.2) is 9.97 Å². The number of hydrogen-bond donors (Lipinski definition) is 2. The lowest BCUT2D eigenvalue weighted by Gasteiger charge is -2.09. The van der Waals surface area contributed by atoms with Crippen molar-refractivity contribution in [2.24, 2.45) is 0 Å². The van der Waals surface area contributed by atoms with E-state index in [1.807, 2.05) is 12.1 Å². The zero-order chi connectivity index (χ0) is 15.4. The molecule has 0 amide bonds. The van der Waals surface area contributed by atoms with Gasteiger partial charge in [0.15, 0.2) is 0 Å². The van der Waals surface area contributed by atoms with Crippen molar-refractivity contribution in [3.05, 3.63) is 36.4 Å². The van der Waals surface area contributed by atoms with Crippen LogP contribution in [0.3, 0.4) is 0 Å². The molecule has 4 nitrogen and oxygen atoms in total. The molecule has 0 atom stereocenters. The Kier molecular flexibility index (Phi) is 4.37. The van der Waals surface area contributed by atoms with E-state index in [9.17, 15) is 0 Å². The third-order valence-electron chi connectivity index (χ3n) is 3.63. The first-order valence-corrected chi connectivity index (χ1v) is 8.00. The highest BCUT2D eigenvalue weighted by Crippen LogP contribution is 2.25. The molecule has 0 spiro atoms. The van der Waals surface area contributed by atoms with Crippen LogP contribution in [0.1, 0.15) is 26.7 Å². The molecule has 4 heteroatoms. The topological polar surface area (TPSA) is 49.8 Å². The Morgan fingerprint density at radius 1 is 0.682 bits per heavy atom. The molecule has 1 aromatic carbocycles. The van der Waals surface area contributed by atoms with E-state index in [0.717, 1.165) is 59.4 Å². The van der Waals surface area contributed by atoms with Crippen LogP contribution in [0.25, 0.3) is 21.8 Å². The van der Waals surface area contributed by atoms with Crippen molar-refractivity contribution < 1.29 is 0 Å². The van der Waals surface area contributed by atoms with Crippen LogP contribution in [0.4, 0.5) is 11.6 Å². The lowest BCUT2D eigenvalue weighted by Crippen LogP contribution is -2.03. The van der Waals surface area contributed by atoms with Crippen LogP contribution < -0.4 is 10.6 Å². The summed E-state index contributed by atoms with van der Waals surface area (Å²) in [6.45, 7) is 6.16. The monoisotopic (exact) mass is 294 g/mol. The standard InChI is InChI=1S/C18H22N4/c1-3-11-19-15-9-7-13-5-6-14-8-10-16(20-12-4-2)22-18(14)17(13)21-15/h5-10H,3-4,11-12H2,1-2H3,(H,19,21)(H,20,22). The molecular formula is C18H22N4. The predicted octanol–water partition coefficient (Wildman–Crippen LogP) is 4.43. The Hall–Kier alpha value is -2.36. The number of nitrogens with one attached hydrogen (secondary N) is 2. The molecule has 2 aromatic heterocycles. The van der Waals surface area contributed by atoms with Gasteiger partial charge in [-0.1, -0.05) is 26.0 Å². The highest BCUT2D eigenvalue weighted by atomic mass is 15.0. The van der Waals surface area contributed by atoms with E-state index < -0.39 is 0 Å². The summed E-state index contributed by atoms with van der Waals surface area (Å²) < 4.78 is 0. The molecule has 0 aliphatic heterocycles. The number of anilines is 2. The molecule has 0 unspecified atom stereocenters. The van der Waals surface area contributed by atoms with Crippen LogP contribution in [0.5, 0.6) is 0 Å². The van der Waals surface area contributed by atoms with Crippen molar-refractivity contribution in [3.8, 4) is 0 Å². The summed E-state index contributed by atoms with van der Waals surface area (Å²) in [5.41, 5.74) is 1.91. The summed E-state index contributed by atoms with van der Waals surface area (Å²) in [4.78, 5) is 9.52. The molecule has 0 radical (unpaired) electrons. The smallest absolute Gasteiger partial charge is 0.126 e. The molecule has 0 saturated heterocycles. The molecule has 0 aliphatic rings. The summed E-state index contributed by atoms with van der Waals surface area (Å²) in [6.07, 6.45) is 2.16. The summed E-state index contributed by atoms with van der Waals surface area (Å²) in [5.74, 6) is 1.83. The minimum Gasteiger partial charge on any atom is -0.370 e. The van der Waals surface area contributed by atoms with E-state index in [4.69, 9.17) is 9.97 Å². The summed E-state index contributed by atoms with van der Waals surface area (Å²) in [5, 5.41) is 8.93. The third kappa shape index (κ3) is 2.96. The Bertz CT molecular complexity index is 716. The molecule has 0 bridgehead atoms. The van der Waals surface area contributed by atoms with Crippen LogP contribution >= 0.6 is 0 Å². The first kappa shape index (κ1) is 14.6. The molecule has 3 aromatic rings. The van der Waals surface area contributed by atoms with Crippen LogP contribution in [-0.2, 0) is 0 Å². The number of pyridine rings is 2. The van der Waals surface area contributed by atoms with Crippen LogP contribution in [-0.4, -0.2) is 23.1 Å². The van der Waals surface area contributed by atoms with E-state index in [-0.39, 0.29) is 0 Å². The van der Waals surface area contributed by atoms with Crippen molar-refractivity contribution in [2.75, 3.05) is 23.7 Å². The molecule has 22 heavy (non-hydrogen) atoms. The van der Waals surface area contributed by atoms with Crippen LogP contribution in [0, 0.1) is 0 Å². The summed E-state index contributed by atoms with van der Waals surface area (Å²) >= 11 is 0. The molecule has 2 N–H and O–H groups in total. The fraction of sp³-hybridized carbons (Fsp3) is 0.333. The fourth-order valence-corrected chi connectivity index (χ4v) is 2.47. The maximum absolute atomic E-state index is 4.76. The average molecular weight is 294 g/mol. The molecule has 0 fully saturated rings. The second-order valence-corrected chi connectivity index (χ2v) is 5.46. The number of fused-ring (bicyclic) bond motifs is 3. The SMILES string of the molecule is CCCNc1ccc2ccc3ccc(NCCC)nc3c2n1. The van der Waals surface area contributed by atoms with Gasteiger partial charge in [0, 0.05) is 23.9 Å². The molecular weight excluding hydrogens is 272 g/mol. The van der Waals surface area contributed by atoms with Gasteiger partial charge < -0.3 is 10.6 Å². The van der Waals surface area contributed by atoms with Gasteiger partial charge in [0.05, 0.1) is 11.0 Å². The number of aromatic nitrogens is 2. The van der Waals surface area contributed by atoms with Crippen molar-refractivity contribution in [2.45, 2.75) is 26.7 Å². The lowest BCUT2D eigenvalue weighted by molar-refractivity contribution is 0.970. The summed E-state index contributed by atoms with van der Waals surface area (Å²) in [6, 6.07) is 12.5. The summed E-state index contributed by atoms with van der Waals surface area (Å²) in [7, 11) is 0. The van der Waals surface area contributed by atoms with E-state index in [2.05, 4.69) is 48.7 Å². The zero-order valence-corrected chi connectivity index (χ0v) is 13.2. The lowest BCUT2D eigenvalue weighted by atomic mass is 10.1. The average Bonchev–Trinajstić information content (AvgIpc) is 2.57. The maximum atomic E-state index is 4.76. The fourth-order valence-electron chi connectivity index (χ4n) is 2.47. The highest BCUT2D eigenvalue weighted by molar-refractivity contribution is 6.03. The second-order valence-electron chi connectivity index (χ2n) is 5.46. The van der Waals surface area contributed by atoms with Crippen molar-refractivity contribution in [1.29, 1.82) is 0 Å². The first-order valence-electron chi connectivity index (χ1n) is 8.00. The highest BCUT2D eigenvalue weighted by Gasteiger charge is 2.06. The third-order valence-corrected chi connectivity index (χ3v) is 3.63. The Balaban J connectivity index is 2.09. The zero-order valence-electron chi connectivity index (χ0n) is 13.2. The second kappa shape index (κ2) is 6.60. The van der Waals surface area contributed by atoms with Gasteiger partial charge in [0.25, 0.3) is 0 Å². The minimum absolute atomic E-state index is 0.913. The van der Waals surface area contributed by atoms with Gasteiger partial charge in [-0.05, 0) is 37.1 Å². The molecule has 0 aliphatic carbocycles. The first-order chi connectivity index (χ1) is 10.8. The number of nitrogens with zero attached hydrogens (tertiary/aromatic N) is 2. The quantitative estimate of drug-likeness (QED) is 0.660. The van der Waals surface area contributed by atoms with Crippen molar-refractivity contribution >= 4 is 33.4 Å². The van der Waals surface area contributed by atoms with Gasteiger partial charge >= 0.3 is 0 Å². The Labute approximate surface area is 131 Å². The predicted molar refractivity (Wildman–Crippen MR) is 94.6 cm³/mol. The van der Waals surface area contributed by atoms with E-state index in [1.165, 1.54) is 0 Å². The van der Waals surface area contributed by atoms with E-state index in [0.29, 0.717) is 0 Å². The number of rotatable bonds is 6. The Morgan fingerprint density at radius 3 is 1.50 bits per heavy atom. The van der Waals surface area contributed by atoms with E-state index >= 15 is 0 Å². The van der Waals surface area contributed by atoms with Crippen molar-refractivity contribution in [1.82, 2.24) is 9.97 Å². The molecule has 114 valence electrons. The van der Waals surface area contributed by atoms with Gasteiger partial charge in [-0.15, -0.1) is 0 Å². The molecule has 3 rings (SSSR count). The van der Waals surface area contributed by atoms with Crippen molar-refractivity contribution in [3.63, 3.8) is 0 Å².